The van der Waals surface area contributed by atoms with Gasteiger partial charge in [0, 0.05) is 0 Å². The smallest absolute Gasteiger partial charge is 0.408 e. The SMILES string of the molecule is CC(C)C(C)(NC(=O)OC(C)(C)C)C(=O)ON1C(=O)c2ccccc2C1=O. The Morgan fingerprint density at radius 2 is 1.48 bits per heavy atom. The molecule has 1 N–H and O–H groups in total. The van der Waals surface area contributed by atoms with Crippen LogP contribution in [0.3, 0.4) is 0 Å². The molecular weight excluding hydrogens is 352 g/mol. The number of nitrogens with zero attached hydrogens (tertiary/aromatic N) is 1. The fraction of sp³-hybridized carbons (Fsp3) is 0.474. The molecule has 1 atom stereocenters. The number of carbonyl (C=O) groups is 4. The monoisotopic (exact) mass is 376 g/mol. The third-order valence-corrected chi connectivity index (χ3v) is 4.27. The van der Waals surface area contributed by atoms with Crippen LogP contribution in [-0.4, -0.2) is 40.1 Å². The zero-order chi connectivity index (χ0) is 20.6. The number of fused-ring (bicyclic) bond motifs is 1. The van der Waals surface area contributed by atoms with Gasteiger partial charge in [-0.25, -0.2) is 9.59 Å². The summed E-state index contributed by atoms with van der Waals surface area (Å²) in [6.45, 7) is 9.91. The van der Waals surface area contributed by atoms with Crippen LogP contribution in [0.1, 0.15) is 62.3 Å². The van der Waals surface area contributed by atoms with Crippen molar-refractivity contribution < 1.29 is 28.8 Å². The topological polar surface area (TPSA) is 102 Å². The molecule has 27 heavy (non-hydrogen) atoms. The summed E-state index contributed by atoms with van der Waals surface area (Å²) in [5, 5.41) is 2.91. The van der Waals surface area contributed by atoms with Crippen molar-refractivity contribution in [3.8, 4) is 0 Å². The molecule has 1 aliphatic heterocycles. The number of rotatable bonds is 4. The van der Waals surface area contributed by atoms with Crippen LogP contribution in [0.15, 0.2) is 24.3 Å². The average molecular weight is 376 g/mol. The van der Waals surface area contributed by atoms with Crippen LogP contribution in [0, 0.1) is 5.92 Å². The fourth-order valence-electron chi connectivity index (χ4n) is 2.37. The average Bonchev–Trinajstić information content (AvgIpc) is 2.78. The Bertz CT molecular complexity index is 761. The normalized spacial score (nSPS) is 16.0. The quantitative estimate of drug-likeness (QED) is 0.811. The predicted molar refractivity (Wildman–Crippen MR) is 95.6 cm³/mol. The number of nitrogens with one attached hydrogen (secondary N) is 1. The lowest BCUT2D eigenvalue weighted by Crippen LogP contribution is -2.58. The van der Waals surface area contributed by atoms with Crippen LogP contribution in [-0.2, 0) is 14.4 Å². The molecule has 0 bridgehead atoms. The number of amides is 3. The van der Waals surface area contributed by atoms with E-state index in [-0.39, 0.29) is 11.1 Å². The van der Waals surface area contributed by atoms with Gasteiger partial charge in [-0.3, -0.25) is 9.59 Å². The van der Waals surface area contributed by atoms with Crippen LogP contribution in [0.2, 0.25) is 0 Å². The third-order valence-electron chi connectivity index (χ3n) is 4.27. The van der Waals surface area contributed by atoms with Gasteiger partial charge < -0.3 is 14.9 Å². The summed E-state index contributed by atoms with van der Waals surface area (Å²) in [7, 11) is 0. The Kier molecular flexibility index (Phi) is 5.30. The Labute approximate surface area is 157 Å². The van der Waals surface area contributed by atoms with Crippen LogP contribution < -0.4 is 5.32 Å². The van der Waals surface area contributed by atoms with Crippen molar-refractivity contribution in [3.05, 3.63) is 35.4 Å². The lowest BCUT2D eigenvalue weighted by molar-refractivity contribution is -0.178. The van der Waals surface area contributed by atoms with E-state index in [0.717, 1.165) is 0 Å². The number of alkyl carbamates (subject to hydrolysis) is 1. The summed E-state index contributed by atoms with van der Waals surface area (Å²) in [6, 6.07) is 6.17. The summed E-state index contributed by atoms with van der Waals surface area (Å²) in [6.07, 6.45) is -0.807. The molecule has 146 valence electrons. The number of hydrogen-bond donors (Lipinski definition) is 1. The zero-order valence-electron chi connectivity index (χ0n) is 16.3. The van der Waals surface area contributed by atoms with Gasteiger partial charge >= 0.3 is 12.1 Å². The standard InChI is InChI=1S/C19H24N2O6/c1-11(2)19(6,20-17(25)26-18(3,4)5)16(24)27-21-14(22)12-9-7-8-10-13(12)15(21)23/h7-11H,1-6H3,(H,20,25). The number of carbonyl (C=O) groups excluding carboxylic acids is 4. The van der Waals surface area contributed by atoms with Crippen molar-refractivity contribution in [2.45, 2.75) is 52.7 Å². The summed E-state index contributed by atoms with van der Waals surface area (Å²) >= 11 is 0. The lowest BCUT2D eigenvalue weighted by Gasteiger charge is -2.33. The van der Waals surface area contributed by atoms with Crippen molar-refractivity contribution >= 4 is 23.9 Å². The van der Waals surface area contributed by atoms with Gasteiger partial charge in [-0.05, 0) is 45.7 Å². The molecule has 0 saturated carbocycles. The molecule has 0 spiro atoms. The molecule has 0 radical (unpaired) electrons. The molecule has 1 unspecified atom stereocenters. The van der Waals surface area contributed by atoms with E-state index in [0.29, 0.717) is 5.06 Å². The molecule has 0 aromatic heterocycles. The molecule has 1 aliphatic rings. The first-order chi connectivity index (χ1) is 12.4. The van der Waals surface area contributed by atoms with Crippen molar-refractivity contribution in [3.63, 3.8) is 0 Å². The maximum absolute atomic E-state index is 12.8. The predicted octanol–water partition coefficient (Wildman–Crippen LogP) is 2.68. The van der Waals surface area contributed by atoms with Crippen LogP contribution in [0.25, 0.3) is 0 Å². The Hall–Kier alpha value is -2.90. The van der Waals surface area contributed by atoms with Crippen molar-refractivity contribution in [2.75, 3.05) is 0 Å². The van der Waals surface area contributed by atoms with E-state index < -0.39 is 40.9 Å². The molecule has 1 aromatic rings. The molecular formula is C19H24N2O6. The molecule has 1 aromatic carbocycles. The van der Waals surface area contributed by atoms with E-state index >= 15 is 0 Å². The second kappa shape index (κ2) is 7.02. The minimum Gasteiger partial charge on any atom is -0.444 e. The largest absolute Gasteiger partial charge is 0.444 e. The van der Waals surface area contributed by atoms with E-state index in [1.165, 1.54) is 19.1 Å². The van der Waals surface area contributed by atoms with E-state index in [2.05, 4.69) is 5.32 Å². The van der Waals surface area contributed by atoms with Gasteiger partial charge in [-0.15, -0.1) is 0 Å². The number of hydrogen-bond acceptors (Lipinski definition) is 6. The number of benzene rings is 1. The summed E-state index contributed by atoms with van der Waals surface area (Å²) < 4.78 is 5.19. The Balaban J connectivity index is 2.20. The lowest BCUT2D eigenvalue weighted by atomic mass is 9.89. The second-order valence-corrected chi connectivity index (χ2v) is 7.81. The maximum Gasteiger partial charge on any atom is 0.408 e. The van der Waals surface area contributed by atoms with Crippen molar-refractivity contribution in [1.82, 2.24) is 10.4 Å². The van der Waals surface area contributed by atoms with E-state index in [1.54, 1.807) is 46.8 Å². The van der Waals surface area contributed by atoms with E-state index in [4.69, 9.17) is 9.57 Å². The molecule has 8 heteroatoms. The van der Waals surface area contributed by atoms with Gasteiger partial charge in [0.15, 0.2) is 0 Å². The van der Waals surface area contributed by atoms with Crippen molar-refractivity contribution in [2.24, 2.45) is 5.92 Å². The third kappa shape index (κ3) is 4.10. The Morgan fingerprint density at radius 1 is 1.00 bits per heavy atom. The highest BCUT2D eigenvalue weighted by atomic mass is 16.7. The minimum atomic E-state index is -1.52. The fourth-order valence-corrected chi connectivity index (χ4v) is 2.37. The first kappa shape index (κ1) is 20.4. The van der Waals surface area contributed by atoms with Gasteiger partial charge in [-0.2, -0.15) is 0 Å². The van der Waals surface area contributed by atoms with E-state index in [9.17, 15) is 19.2 Å². The zero-order valence-corrected chi connectivity index (χ0v) is 16.3. The molecule has 1 heterocycles. The van der Waals surface area contributed by atoms with Crippen LogP contribution in [0.5, 0.6) is 0 Å². The van der Waals surface area contributed by atoms with Gasteiger partial charge in [0.25, 0.3) is 11.8 Å². The number of ether oxygens (including phenoxy) is 1. The number of hydroxylamine groups is 2. The Morgan fingerprint density at radius 3 is 1.89 bits per heavy atom. The van der Waals surface area contributed by atoms with Crippen LogP contribution >= 0.6 is 0 Å². The first-order valence-corrected chi connectivity index (χ1v) is 8.58. The molecule has 2 rings (SSSR count). The van der Waals surface area contributed by atoms with Gasteiger partial charge in [0.1, 0.15) is 11.1 Å². The molecule has 8 nitrogen and oxygen atoms in total. The highest BCUT2D eigenvalue weighted by molar-refractivity contribution is 6.21. The minimum absolute atomic E-state index is 0.154. The molecule has 3 amide bonds. The highest BCUT2D eigenvalue weighted by Gasteiger charge is 2.46. The first-order valence-electron chi connectivity index (χ1n) is 8.58. The van der Waals surface area contributed by atoms with Crippen molar-refractivity contribution in [1.29, 1.82) is 0 Å². The molecule has 0 saturated heterocycles. The molecule has 0 aliphatic carbocycles. The van der Waals surface area contributed by atoms with E-state index in [1.807, 2.05) is 0 Å². The second-order valence-electron chi connectivity index (χ2n) is 7.81. The maximum atomic E-state index is 12.8. The van der Waals surface area contributed by atoms with Crippen LogP contribution in [0.4, 0.5) is 4.79 Å². The molecule has 0 fully saturated rings. The number of imide groups is 1. The highest BCUT2D eigenvalue weighted by Crippen LogP contribution is 2.26. The van der Waals surface area contributed by atoms with Gasteiger partial charge in [0.05, 0.1) is 11.1 Å². The summed E-state index contributed by atoms with van der Waals surface area (Å²) in [4.78, 5) is 54.7. The summed E-state index contributed by atoms with van der Waals surface area (Å²) in [5.41, 5.74) is -1.96. The summed E-state index contributed by atoms with van der Waals surface area (Å²) in [5.74, 6) is -2.81. The van der Waals surface area contributed by atoms with Gasteiger partial charge in [0.2, 0.25) is 0 Å². The van der Waals surface area contributed by atoms with Gasteiger partial charge in [-0.1, -0.05) is 31.0 Å².